The van der Waals surface area contributed by atoms with Gasteiger partial charge in [0.05, 0.1) is 34.9 Å². The number of halogens is 2. The van der Waals surface area contributed by atoms with Gasteiger partial charge in [0, 0.05) is 16.0 Å². The lowest BCUT2D eigenvalue weighted by atomic mass is 10.1. The summed E-state index contributed by atoms with van der Waals surface area (Å²) >= 11 is 11.7. The third-order valence-electron chi connectivity index (χ3n) is 5.22. The topological polar surface area (TPSA) is 148 Å². The first-order valence-corrected chi connectivity index (χ1v) is 13.8. The molecule has 41 heavy (non-hydrogen) atoms. The molecule has 1 heterocycles. The van der Waals surface area contributed by atoms with Crippen molar-refractivity contribution in [1.29, 1.82) is 0 Å². The largest absolute Gasteiger partial charge is 0.460 e. The van der Waals surface area contributed by atoms with Gasteiger partial charge in [0.15, 0.2) is 0 Å². The number of benzene rings is 2. The number of nitrogens with one attached hydrogen (secondary N) is 3. The Morgan fingerprint density at radius 3 is 2.12 bits per heavy atom. The number of rotatable bonds is 6. The number of aromatic amines is 1. The monoisotopic (exact) mass is 607 g/mol. The molecular formula is C29H39Cl2N5O5. The van der Waals surface area contributed by atoms with Crippen LogP contribution in [-0.2, 0) is 19.1 Å². The third kappa shape index (κ3) is 11.9. The molecule has 12 heteroatoms. The van der Waals surface area contributed by atoms with Crippen molar-refractivity contribution in [2.45, 2.75) is 79.1 Å². The average Bonchev–Trinajstić information content (AvgIpc) is 3.22. The molecule has 10 nitrogen and oxygen atoms in total. The second-order valence-corrected chi connectivity index (χ2v) is 12.4. The Kier molecular flexibility index (Phi) is 11.4. The Labute approximate surface area is 250 Å². The number of alkyl carbamates (subject to hydrolysis) is 1. The van der Waals surface area contributed by atoms with Gasteiger partial charge >= 0.3 is 12.1 Å². The van der Waals surface area contributed by atoms with Crippen LogP contribution in [0.1, 0.15) is 73.7 Å². The standard InChI is InChI=1S/C15H21ClN2O3.C14H18ClN3O2/c1-9(7-13(19)21-15(2,3)4)14(20)18-12-6-5-10(16)8-11(12)17;1-8(16-13(19)20-14(2,3)4)12-17-10-6-5-9(15)7-11(10)18-12/h5-6,8-9H,7,17H2,1-4H3,(H,18,20);5-8H,1-4H3,(H,16,19)(H,17,18)/t9-;8-/m10/s1. The molecule has 0 saturated carbocycles. The quantitative estimate of drug-likeness (QED) is 0.173. The molecule has 3 rings (SSSR count). The van der Waals surface area contributed by atoms with Crippen LogP contribution in [0.15, 0.2) is 36.4 Å². The Morgan fingerprint density at radius 2 is 1.54 bits per heavy atom. The number of esters is 1. The minimum Gasteiger partial charge on any atom is -0.460 e. The highest BCUT2D eigenvalue weighted by molar-refractivity contribution is 6.31. The summed E-state index contributed by atoms with van der Waals surface area (Å²) in [6.07, 6.45) is -0.458. The minimum atomic E-state index is -0.562. The summed E-state index contributed by atoms with van der Waals surface area (Å²) in [5, 5.41) is 6.55. The van der Waals surface area contributed by atoms with E-state index in [0.29, 0.717) is 27.2 Å². The van der Waals surface area contributed by atoms with E-state index in [4.69, 9.17) is 38.4 Å². The second kappa shape index (κ2) is 13.9. The van der Waals surface area contributed by atoms with Crippen LogP contribution in [0.5, 0.6) is 0 Å². The van der Waals surface area contributed by atoms with E-state index in [-0.39, 0.29) is 18.4 Å². The minimum absolute atomic E-state index is 0.0105. The molecule has 0 aliphatic carbocycles. The zero-order valence-corrected chi connectivity index (χ0v) is 26.2. The molecule has 0 unspecified atom stereocenters. The summed E-state index contributed by atoms with van der Waals surface area (Å²) in [6.45, 7) is 14.3. The first-order valence-electron chi connectivity index (χ1n) is 13.1. The second-order valence-electron chi connectivity index (χ2n) is 11.6. The number of H-pyrrole nitrogens is 1. The van der Waals surface area contributed by atoms with E-state index in [1.807, 2.05) is 33.8 Å². The van der Waals surface area contributed by atoms with E-state index < -0.39 is 29.2 Å². The van der Waals surface area contributed by atoms with E-state index in [1.165, 1.54) is 0 Å². The van der Waals surface area contributed by atoms with E-state index in [9.17, 15) is 14.4 Å². The molecule has 5 N–H and O–H groups in total. The van der Waals surface area contributed by atoms with Gasteiger partial charge in [-0.2, -0.15) is 0 Å². The van der Waals surface area contributed by atoms with Gasteiger partial charge < -0.3 is 30.8 Å². The van der Waals surface area contributed by atoms with Crippen molar-refractivity contribution in [3.05, 3.63) is 52.3 Å². The van der Waals surface area contributed by atoms with Gasteiger partial charge in [0.1, 0.15) is 17.0 Å². The number of aromatic nitrogens is 2. The Balaban J connectivity index is 0.000000287. The lowest BCUT2D eigenvalue weighted by Gasteiger charge is -2.21. The number of nitrogen functional groups attached to an aromatic ring is 1. The van der Waals surface area contributed by atoms with Crippen LogP contribution in [0.2, 0.25) is 10.0 Å². The number of hydrogen-bond acceptors (Lipinski definition) is 7. The molecule has 2 aromatic carbocycles. The number of ether oxygens (including phenoxy) is 2. The number of nitrogens with zero attached hydrogens (tertiary/aromatic N) is 1. The maximum absolute atomic E-state index is 12.0. The van der Waals surface area contributed by atoms with Crippen molar-refractivity contribution in [2.75, 3.05) is 11.1 Å². The molecule has 0 bridgehead atoms. The predicted octanol–water partition coefficient (Wildman–Crippen LogP) is 7.03. The molecule has 0 saturated heterocycles. The van der Waals surface area contributed by atoms with Crippen LogP contribution in [0, 0.1) is 5.92 Å². The summed E-state index contributed by atoms with van der Waals surface area (Å²) in [6, 6.07) is 9.93. The number of hydrogen-bond donors (Lipinski definition) is 4. The van der Waals surface area contributed by atoms with Gasteiger partial charge in [-0.25, -0.2) is 9.78 Å². The SMILES string of the molecule is C[C@H](CC(=O)OC(C)(C)C)C(=O)Nc1ccc(Cl)cc1N.C[C@H](NC(=O)OC(C)(C)C)c1nc2ccc(Cl)cc2[nH]1. The first-order chi connectivity index (χ1) is 18.8. The molecule has 2 atom stereocenters. The Bertz CT molecular complexity index is 1380. The molecule has 1 aromatic heterocycles. The van der Waals surface area contributed by atoms with E-state index >= 15 is 0 Å². The van der Waals surface area contributed by atoms with Gasteiger partial charge in [-0.3, -0.25) is 9.59 Å². The molecule has 0 aliphatic heterocycles. The average molecular weight is 609 g/mol. The summed E-state index contributed by atoms with van der Waals surface area (Å²) in [5.74, 6) is -0.563. The number of anilines is 2. The van der Waals surface area contributed by atoms with Crippen LogP contribution in [0.3, 0.4) is 0 Å². The smallest absolute Gasteiger partial charge is 0.408 e. The zero-order chi connectivity index (χ0) is 31.1. The fourth-order valence-electron chi connectivity index (χ4n) is 3.39. The van der Waals surface area contributed by atoms with Crippen LogP contribution in [-0.4, -0.2) is 39.1 Å². The van der Waals surface area contributed by atoms with Crippen molar-refractivity contribution in [1.82, 2.24) is 15.3 Å². The summed E-state index contributed by atoms with van der Waals surface area (Å²) in [5.41, 5.74) is 7.17. The van der Waals surface area contributed by atoms with Crippen molar-refractivity contribution in [2.24, 2.45) is 5.92 Å². The highest BCUT2D eigenvalue weighted by Gasteiger charge is 2.23. The first kappa shape index (κ1) is 33.7. The molecule has 0 spiro atoms. The van der Waals surface area contributed by atoms with E-state index in [2.05, 4.69) is 20.6 Å². The predicted molar refractivity (Wildman–Crippen MR) is 163 cm³/mol. The number of carbonyl (C=O) groups is 3. The molecule has 0 fully saturated rings. The van der Waals surface area contributed by atoms with Crippen LogP contribution < -0.4 is 16.4 Å². The Hall–Kier alpha value is -3.50. The molecule has 2 amide bonds. The third-order valence-corrected chi connectivity index (χ3v) is 5.69. The zero-order valence-electron chi connectivity index (χ0n) is 24.6. The number of carbonyl (C=O) groups excluding carboxylic acids is 3. The highest BCUT2D eigenvalue weighted by Crippen LogP contribution is 2.24. The van der Waals surface area contributed by atoms with Crippen LogP contribution in [0.4, 0.5) is 16.2 Å². The number of nitrogens with two attached hydrogens (primary N) is 1. The van der Waals surface area contributed by atoms with Crippen molar-refractivity contribution in [3.63, 3.8) is 0 Å². The maximum atomic E-state index is 12.0. The van der Waals surface area contributed by atoms with Crippen LogP contribution in [0.25, 0.3) is 11.0 Å². The van der Waals surface area contributed by atoms with Gasteiger partial charge in [-0.05, 0) is 84.9 Å². The number of amides is 2. The fourth-order valence-corrected chi connectivity index (χ4v) is 3.74. The summed E-state index contributed by atoms with van der Waals surface area (Å²) < 4.78 is 10.4. The van der Waals surface area contributed by atoms with Crippen molar-refractivity contribution in [3.8, 4) is 0 Å². The summed E-state index contributed by atoms with van der Waals surface area (Å²) in [4.78, 5) is 43.0. The van der Waals surface area contributed by atoms with Crippen molar-refractivity contribution >= 4 is 63.6 Å². The molecular weight excluding hydrogens is 569 g/mol. The fraction of sp³-hybridized carbons (Fsp3) is 0.448. The lowest BCUT2D eigenvalue weighted by molar-refractivity contribution is -0.156. The van der Waals surface area contributed by atoms with E-state index in [0.717, 1.165) is 11.0 Å². The normalized spacial score (nSPS) is 12.9. The molecule has 3 aromatic rings. The molecule has 0 aliphatic rings. The number of fused-ring (bicyclic) bond motifs is 1. The Morgan fingerprint density at radius 1 is 0.951 bits per heavy atom. The van der Waals surface area contributed by atoms with Gasteiger partial charge in [0.2, 0.25) is 5.91 Å². The van der Waals surface area contributed by atoms with Gasteiger partial charge in [-0.15, -0.1) is 0 Å². The molecule has 0 radical (unpaired) electrons. The number of imidazole rings is 1. The lowest BCUT2D eigenvalue weighted by Crippen LogP contribution is -2.34. The highest BCUT2D eigenvalue weighted by atomic mass is 35.5. The van der Waals surface area contributed by atoms with Gasteiger partial charge in [0.25, 0.3) is 0 Å². The molecule has 224 valence electrons. The van der Waals surface area contributed by atoms with Gasteiger partial charge in [-0.1, -0.05) is 30.1 Å². The van der Waals surface area contributed by atoms with Crippen LogP contribution >= 0.6 is 23.2 Å². The maximum Gasteiger partial charge on any atom is 0.408 e. The summed E-state index contributed by atoms with van der Waals surface area (Å²) in [7, 11) is 0. The van der Waals surface area contributed by atoms with Crippen molar-refractivity contribution < 1.29 is 23.9 Å². The van der Waals surface area contributed by atoms with E-state index in [1.54, 1.807) is 58.0 Å².